The standard InChI is InChI=1S/C11H25NOS/c1-11(2,10-13)12(3)8-6-4-5-7-9-14/h13-14H,4-10H2,1-3H3. The van der Waals surface area contributed by atoms with Gasteiger partial charge in [-0.3, -0.25) is 4.90 Å². The van der Waals surface area contributed by atoms with Crippen LogP contribution in [-0.2, 0) is 0 Å². The van der Waals surface area contributed by atoms with Crippen LogP contribution in [0.1, 0.15) is 39.5 Å². The highest BCUT2D eigenvalue weighted by atomic mass is 32.1. The lowest BCUT2D eigenvalue weighted by Gasteiger charge is -2.33. The number of aliphatic hydroxyl groups is 1. The Morgan fingerprint density at radius 3 is 2.21 bits per heavy atom. The predicted molar refractivity (Wildman–Crippen MR) is 66.1 cm³/mol. The van der Waals surface area contributed by atoms with Crippen LogP contribution in [0.25, 0.3) is 0 Å². The van der Waals surface area contributed by atoms with Crippen molar-refractivity contribution in [2.75, 3.05) is 26.0 Å². The lowest BCUT2D eigenvalue weighted by molar-refractivity contribution is 0.0777. The third kappa shape index (κ3) is 5.89. The molecule has 86 valence electrons. The van der Waals surface area contributed by atoms with Gasteiger partial charge in [-0.15, -0.1) is 0 Å². The summed E-state index contributed by atoms with van der Waals surface area (Å²) in [5.74, 6) is 0.998. The van der Waals surface area contributed by atoms with Gasteiger partial charge in [0, 0.05) is 5.54 Å². The molecule has 0 saturated heterocycles. The number of aliphatic hydroxyl groups excluding tert-OH is 1. The summed E-state index contributed by atoms with van der Waals surface area (Å²) in [5.41, 5.74) is -0.0798. The van der Waals surface area contributed by atoms with E-state index in [0.717, 1.165) is 12.3 Å². The van der Waals surface area contributed by atoms with E-state index in [1.807, 2.05) is 0 Å². The first kappa shape index (κ1) is 14.3. The molecular weight excluding hydrogens is 194 g/mol. The van der Waals surface area contributed by atoms with E-state index in [1.165, 1.54) is 25.7 Å². The summed E-state index contributed by atoms with van der Waals surface area (Å²) in [4.78, 5) is 2.23. The molecule has 2 nitrogen and oxygen atoms in total. The summed E-state index contributed by atoms with van der Waals surface area (Å²) in [7, 11) is 2.08. The van der Waals surface area contributed by atoms with Gasteiger partial charge in [-0.1, -0.05) is 12.8 Å². The van der Waals surface area contributed by atoms with E-state index in [9.17, 15) is 0 Å². The summed E-state index contributed by atoms with van der Waals surface area (Å²) < 4.78 is 0. The van der Waals surface area contributed by atoms with Crippen molar-refractivity contribution in [1.82, 2.24) is 4.90 Å². The van der Waals surface area contributed by atoms with Crippen molar-refractivity contribution in [2.24, 2.45) is 0 Å². The first-order valence-corrected chi connectivity index (χ1v) is 6.11. The fourth-order valence-corrected chi connectivity index (χ4v) is 1.46. The van der Waals surface area contributed by atoms with E-state index in [0.29, 0.717) is 0 Å². The molecule has 0 rings (SSSR count). The van der Waals surface area contributed by atoms with Gasteiger partial charge in [0.25, 0.3) is 0 Å². The minimum atomic E-state index is -0.0798. The maximum atomic E-state index is 9.15. The van der Waals surface area contributed by atoms with Gasteiger partial charge in [-0.25, -0.2) is 0 Å². The zero-order valence-corrected chi connectivity index (χ0v) is 10.7. The van der Waals surface area contributed by atoms with Crippen molar-refractivity contribution in [3.63, 3.8) is 0 Å². The predicted octanol–water partition coefficient (Wildman–Crippen LogP) is 2.18. The number of hydrogen-bond donors (Lipinski definition) is 2. The summed E-state index contributed by atoms with van der Waals surface area (Å²) in [6.07, 6.45) is 4.98. The van der Waals surface area contributed by atoms with Crippen LogP contribution in [0, 0.1) is 0 Å². The first-order valence-electron chi connectivity index (χ1n) is 5.47. The number of nitrogens with zero attached hydrogens (tertiary/aromatic N) is 1. The van der Waals surface area contributed by atoms with Crippen LogP contribution in [0.2, 0.25) is 0 Å². The second-order valence-electron chi connectivity index (χ2n) is 4.53. The molecule has 0 saturated carbocycles. The number of thiol groups is 1. The van der Waals surface area contributed by atoms with E-state index < -0.39 is 0 Å². The van der Waals surface area contributed by atoms with E-state index in [-0.39, 0.29) is 12.1 Å². The van der Waals surface area contributed by atoms with Crippen LogP contribution in [0.4, 0.5) is 0 Å². The summed E-state index contributed by atoms with van der Waals surface area (Å²) >= 11 is 4.18. The topological polar surface area (TPSA) is 23.5 Å². The quantitative estimate of drug-likeness (QED) is 0.483. The largest absolute Gasteiger partial charge is 0.394 e. The Bertz CT molecular complexity index is 139. The van der Waals surface area contributed by atoms with Crippen molar-refractivity contribution >= 4 is 12.6 Å². The molecule has 0 aliphatic carbocycles. The smallest absolute Gasteiger partial charge is 0.0609 e. The Balaban J connectivity index is 3.48. The molecule has 0 radical (unpaired) electrons. The van der Waals surface area contributed by atoms with Crippen molar-refractivity contribution < 1.29 is 5.11 Å². The highest BCUT2D eigenvalue weighted by molar-refractivity contribution is 7.80. The minimum Gasteiger partial charge on any atom is -0.394 e. The Morgan fingerprint density at radius 2 is 1.71 bits per heavy atom. The van der Waals surface area contributed by atoms with Gasteiger partial charge in [0.2, 0.25) is 0 Å². The SMILES string of the molecule is CN(CCCCCCS)C(C)(C)CO. The average molecular weight is 219 g/mol. The van der Waals surface area contributed by atoms with E-state index in [1.54, 1.807) is 0 Å². The molecule has 0 unspecified atom stereocenters. The summed E-state index contributed by atoms with van der Waals surface area (Å²) in [6.45, 7) is 5.43. The molecule has 14 heavy (non-hydrogen) atoms. The fraction of sp³-hybridized carbons (Fsp3) is 1.00. The van der Waals surface area contributed by atoms with E-state index in [2.05, 4.69) is 38.4 Å². The van der Waals surface area contributed by atoms with Crippen molar-refractivity contribution in [2.45, 2.75) is 45.1 Å². The third-order valence-electron chi connectivity index (χ3n) is 2.82. The van der Waals surface area contributed by atoms with Crippen LogP contribution in [0.3, 0.4) is 0 Å². The van der Waals surface area contributed by atoms with E-state index in [4.69, 9.17) is 5.11 Å². The van der Waals surface area contributed by atoms with Crippen LogP contribution in [-0.4, -0.2) is 41.5 Å². The van der Waals surface area contributed by atoms with Gasteiger partial charge in [0.15, 0.2) is 0 Å². The molecule has 3 heteroatoms. The number of rotatable bonds is 8. The summed E-state index contributed by atoms with van der Waals surface area (Å²) in [6, 6.07) is 0. The van der Waals surface area contributed by atoms with Crippen molar-refractivity contribution in [3.8, 4) is 0 Å². The Hall–Kier alpha value is 0.270. The van der Waals surface area contributed by atoms with Gasteiger partial charge in [0.05, 0.1) is 6.61 Å². The molecule has 0 aliphatic rings. The minimum absolute atomic E-state index is 0.0798. The molecular formula is C11H25NOS. The van der Waals surface area contributed by atoms with Gasteiger partial charge in [0.1, 0.15) is 0 Å². The highest BCUT2D eigenvalue weighted by Crippen LogP contribution is 2.12. The monoisotopic (exact) mass is 219 g/mol. The Labute approximate surface area is 94.1 Å². The van der Waals surface area contributed by atoms with Gasteiger partial charge in [-0.2, -0.15) is 12.6 Å². The molecule has 0 aromatic rings. The fourth-order valence-electron chi connectivity index (χ4n) is 1.24. The van der Waals surface area contributed by atoms with Crippen molar-refractivity contribution in [1.29, 1.82) is 0 Å². The zero-order chi connectivity index (χ0) is 11.0. The molecule has 0 heterocycles. The Kier molecular flexibility index (Phi) is 7.69. The maximum Gasteiger partial charge on any atom is 0.0609 e. The molecule has 1 N–H and O–H groups in total. The molecule has 0 fully saturated rings. The van der Waals surface area contributed by atoms with Gasteiger partial charge >= 0.3 is 0 Å². The van der Waals surface area contributed by atoms with Gasteiger partial charge < -0.3 is 5.11 Å². The molecule has 0 amide bonds. The van der Waals surface area contributed by atoms with Crippen LogP contribution in [0.5, 0.6) is 0 Å². The average Bonchev–Trinajstić information content (AvgIpc) is 2.17. The second-order valence-corrected chi connectivity index (χ2v) is 4.98. The molecule has 0 aromatic carbocycles. The normalized spacial score (nSPS) is 12.4. The van der Waals surface area contributed by atoms with E-state index >= 15 is 0 Å². The number of hydrogen-bond acceptors (Lipinski definition) is 3. The molecule has 0 atom stereocenters. The lowest BCUT2D eigenvalue weighted by Crippen LogP contribution is -2.44. The number of likely N-dealkylation sites (N-methyl/N-ethyl adjacent to an activating group) is 1. The van der Waals surface area contributed by atoms with Crippen LogP contribution >= 0.6 is 12.6 Å². The zero-order valence-electron chi connectivity index (χ0n) is 9.79. The highest BCUT2D eigenvalue weighted by Gasteiger charge is 2.21. The maximum absolute atomic E-state index is 9.15. The van der Waals surface area contributed by atoms with Crippen molar-refractivity contribution in [3.05, 3.63) is 0 Å². The first-order chi connectivity index (χ1) is 6.54. The van der Waals surface area contributed by atoms with Gasteiger partial charge in [-0.05, 0) is 46.0 Å². The molecule has 0 aromatic heterocycles. The summed E-state index contributed by atoms with van der Waals surface area (Å²) in [5, 5.41) is 9.15. The van der Waals surface area contributed by atoms with Crippen LogP contribution < -0.4 is 0 Å². The Morgan fingerprint density at radius 1 is 1.14 bits per heavy atom. The van der Waals surface area contributed by atoms with Crippen LogP contribution in [0.15, 0.2) is 0 Å². The molecule has 0 bridgehead atoms. The number of unbranched alkanes of at least 4 members (excludes halogenated alkanes) is 3. The molecule has 0 aliphatic heterocycles. The second kappa shape index (κ2) is 7.55. The lowest BCUT2D eigenvalue weighted by atomic mass is 10.0. The molecule has 0 spiro atoms. The third-order valence-corrected chi connectivity index (χ3v) is 3.14.